The highest BCUT2D eigenvalue weighted by molar-refractivity contribution is 7.89. The lowest BCUT2D eigenvalue weighted by Crippen LogP contribution is -2.57. The van der Waals surface area contributed by atoms with Gasteiger partial charge in [-0.25, -0.2) is 13.2 Å². The average molecular weight is 576 g/mol. The number of carbonyl (C=O) groups is 1. The van der Waals surface area contributed by atoms with Gasteiger partial charge >= 0.3 is 6.09 Å². The van der Waals surface area contributed by atoms with E-state index in [0.29, 0.717) is 6.61 Å². The van der Waals surface area contributed by atoms with Crippen molar-refractivity contribution in [2.24, 2.45) is 5.92 Å². The first-order valence-corrected chi connectivity index (χ1v) is 15.2. The minimum Gasteiger partial charge on any atom is -0.443 e. The summed E-state index contributed by atoms with van der Waals surface area (Å²) >= 11 is 0. The molecule has 40 heavy (non-hydrogen) atoms. The number of ether oxygens (including phenoxy) is 4. The molecule has 0 radical (unpaired) electrons. The summed E-state index contributed by atoms with van der Waals surface area (Å²) in [5.41, 5.74) is 6.93. The third-order valence-corrected chi connectivity index (χ3v) is 9.07. The summed E-state index contributed by atoms with van der Waals surface area (Å²) in [6, 6.07) is 14.2. The maximum atomic E-state index is 13.3. The fraction of sp³-hybridized carbons (Fsp3) is 0.536. The fourth-order valence-corrected chi connectivity index (χ4v) is 6.70. The molecule has 1 saturated carbocycles. The van der Waals surface area contributed by atoms with Crippen LogP contribution < -0.4 is 15.8 Å². The highest BCUT2D eigenvalue weighted by atomic mass is 32.2. The third kappa shape index (κ3) is 7.12. The van der Waals surface area contributed by atoms with E-state index >= 15 is 0 Å². The van der Waals surface area contributed by atoms with Crippen LogP contribution in [0.1, 0.15) is 37.7 Å². The van der Waals surface area contributed by atoms with E-state index in [2.05, 4.69) is 10.0 Å². The first kappa shape index (κ1) is 28.8. The van der Waals surface area contributed by atoms with E-state index in [9.17, 15) is 18.3 Å². The van der Waals surface area contributed by atoms with Crippen molar-refractivity contribution < 1.29 is 37.3 Å². The molecular weight excluding hydrogens is 538 g/mol. The molecule has 3 aliphatic rings. The van der Waals surface area contributed by atoms with Crippen LogP contribution in [0.5, 0.6) is 0 Å². The summed E-state index contributed by atoms with van der Waals surface area (Å²) in [5, 5.41) is 14.4. The van der Waals surface area contributed by atoms with Crippen LogP contribution in [0.25, 0.3) is 0 Å². The lowest BCUT2D eigenvalue weighted by molar-refractivity contribution is -0.0912. The molecule has 0 aromatic heterocycles. The van der Waals surface area contributed by atoms with Crippen LogP contribution in [0.3, 0.4) is 0 Å². The molecule has 0 bridgehead atoms. The van der Waals surface area contributed by atoms with Gasteiger partial charge in [0, 0.05) is 5.69 Å². The Bertz CT molecular complexity index is 1240. The van der Waals surface area contributed by atoms with Gasteiger partial charge in [0.2, 0.25) is 10.0 Å². The van der Waals surface area contributed by atoms with Gasteiger partial charge in [0.1, 0.15) is 18.4 Å². The molecule has 3 fully saturated rings. The SMILES string of the molecule is Nc1cccc(S(=O)(=O)NC(OC2CCCC2)[C@H](O)[C@H](Cc2ccccc2)NC(=O)O[C@@H]2CO[C@@H]3OCC[C@@H]32)c1. The molecule has 2 aromatic rings. The molecule has 5 rings (SSSR count). The van der Waals surface area contributed by atoms with Crippen molar-refractivity contribution in [3.63, 3.8) is 0 Å². The van der Waals surface area contributed by atoms with Gasteiger partial charge in [0.05, 0.1) is 36.2 Å². The number of carbonyl (C=O) groups excluding carboxylic acids is 1. The highest BCUT2D eigenvalue weighted by Gasteiger charge is 2.44. The van der Waals surface area contributed by atoms with Gasteiger partial charge in [-0.05, 0) is 49.4 Å². The number of nitrogen functional groups attached to an aromatic ring is 1. The summed E-state index contributed by atoms with van der Waals surface area (Å²) in [6.45, 7) is 0.766. The van der Waals surface area contributed by atoms with E-state index in [1.54, 1.807) is 6.07 Å². The van der Waals surface area contributed by atoms with Crippen LogP contribution >= 0.6 is 0 Å². The number of rotatable bonds is 11. The zero-order valence-corrected chi connectivity index (χ0v) is 23.0. The number of hydrogen-bond donors (Lipinski definition) is 4. The van der Waals surface area contributed by atoms with Crippen LogP contribution in [0.2, 0.25) is 0 Å². The van der Waals surface area contributed by atoms with Gasteiger partial charge in [-0.2, -0.15) is 4.72 Å². The van der Waals surface area contributed by atoms with Crippen molar-refractivity contribution in [3.8, 4) is 0 Å². The lowest BCUT2D eigenvalue weighted by atomic mass is 10.00. The van der Waals surface area contributed by atoms with Crippen molar-refractivity contribution in [1.82, 2.24) is 10.0 Å². The molecule has 5 N–H and O–H groups in total. The van der Waals surface area contributed by atoms with E-state index < -0.39 is 40.6 Å². The van der Waals surface area contributed by atoms with Crippen LogP contribution in [-0.4, -0.2) is 69.7 Å². The maximum Gasteiger partial charge on any atom is 0.407 e. The molecule has 2 aromatic carbocycles. The number of sulfonamides is 1. The predicted octanol–water partition coefficient (Wildman–Crippen LogP) is 2.29. The Hall–Kier alpha value is -2.74. The van der Waals surface area contributed by atoms with Crippen LogP contribution in [0.15, 0.2) is 59.5 Å². The Labute approximate surface area is 234 Å². The number of nitrogens with one attached hydrogen (secondary N) is 2. The first-order valence-electron chi connectivity index (χ1n) is 13.7. The van der Waals surface area contributed by atoms with Gasteiger partial charge in [0.15, 0.2) is 6.29 Å². The number of aliphatic hydroxyl groups excluding tert-OH is 1. The second-order valence-corrected chi connectivity index (χ2v) is 12.3. The zero-order chi connectivity index (χ0) is 28.1. The van der Waals surface area contributed by atoms with Gasteiger partial charge in [-0.3, -0.25) is 0 Å². The Morgan fingerprint density at radius 3 is 2.60 bits per heavy atom. The fourth-order valence-electron chi connectivity index (χ4n) is 5.52. The van der Waals surface area contributed by atoms with E-state index in [1.807, 2.05) is 30.3 Å². The molecule has 218 valence electrons. The van der Waals surface area contributed by atoms with Crippen molar-refractivity contribution in [2.45, 2.75) is 80.3 Å². The smallest absolute Gasteiger partial charge is 0.407 e. The number of fused-ring (bicyclic) bond motifs is 1. The number of amides is 1. The summed E-state index contributed by atoms with van der Waals surface area (Å²) < 4.78 is 52.1. The molecule has 0 spiro atoms. The van der Waals surface area contributed by atoms with Gasteiger partial charge in [0.25, 0.3) is 0 Å². The Morgan fingerprint density at radius 1 is 1.07 bits per heavy atom. The number of benzene rings is 2. The largest absolute Gasteiger partial charge is 0.443 e. The van der Waals surface area contributed by atoms with Crippen LogP contribution in [0.4, 0.5) is 10.5 Å². The second kappa shape index (κ2) is 12.8. The van der Waals surface area contributed by atoms with E-state index in [1.165, 1.54) is 18.2 Å². The standard InChI is InChI=1S/C28H37N3O8S/c29-19-9-6-12-21(16-19)40(34,35)31-26(38-20-10-4-5-11-20)25(32)23(15-18-7-2-1-3-8-18)30-28(33)39-24-17-37-27-22(24)13-14-36-27/h1-3,6-9,12,16,20,22-27,31-32H,4-5,10-11,13-15,17,29H2,(H,30,33)/t22-,23+,24-,25-,26?,27+/m1/s1. The summed E-state index contributed by atoms with van der Waals surface area (Å²) in [5.74, 6) is -0.0492. The minimum absolute atomic E-state index is 0.0492. The lowest BCUT2D eigenvalue weighted by Gasteiger charge is -2.33. The Morgan fingerprint density at radius 2 is 1.85 bits per heavy atom. The summed E-state index contributed by atoms with van der Waals surface area (Å²) in [7, 11) is -4.12. The van der Waals surface area contributed by atoms with Crippen molar-refractivity contribution in [2.75, 3.05) is 18.9 Å². The van der Waals surface area contributed by atoms with E-state index in [-0.39, 0.29) is 41.9 Å². The molecule has 11 nitrogen and oxygen atoms in total. The summed E-state index contributed by atoms with van der Waals surface area (Å²) in [4.78, 5) is 13.0. The maximum absolute atomic E-state index is 13.3. The Kier molecular flexibility index (Phi) is 9.24. The molecule has 6 atom stereocenters. The molecule has 1 aliphatic carbocycles. The number of hydrogen-bond acceptors (Lipinski definition) is 9. The molecule has 2 aliphatic heterocycles. The number of anilines is 1. The first-order chi connectivity index (χ1) is 19.3. The van der Waals surface area contributed by atoms with Crippen LogP contribution in [-0.2, 0) is 35.4 Å². The monoisotopic (exact) mass is 575 g/mol. The molecular formula is C28H37N3O8S. The van der Waals surface area contributed by atoms with Gasteiger partial charge < -0.3 is 35.1 Å². The van der Waals surface area contributed by atoms with E-state index in [4.69, 9.17) is 24.7 Å². The minimum atomic E-state index is -4.12. The van der Waals surface area contributed by atoms with Crippen molar-refractivity contribution in [1.29, 1.82) is 0 Å². The molecule has 1 amide bonds. The van der Waals surface area contributed by atoms with Gasteiger partial charge in [-0.1, -0.05) is 49.2 Å². The highest BCUT2D eigenvalue weighted by Crippen LogP contribution is 2.33. The third-order valence-electron chi connectivity index (χ3n) is 7.65. The molecule has 2 saturated heterocycles. The normalized spacial score (nSPS) is 25.3. The Balaban J connectivity index is 1.36. The molecule has 1 unspecified atom stereocenters. The topological polar surface area (TPSA) is 158 Å². The molecule has 12 heteroatoms. The number of alkyl carbamates (subject to hydrolysis) is 1. The molecule has 2 heterocycles. The summed E-state index contributed by atoms with van der Waals surface area (Å²) in [6.07, 6.45) is -0.309. The number of nitrogens with two attached hydrogens (primary N) is 1. The van der Waals surface area contributed by atoms with Gasteiger partial charge in [-0.15, -0.1) is 0 Å². The number of aliphatic hydroxyl groups is 1. The van der Waals surface area contributed by atoms with Crippen LogP contribution in [0, 0.1) is 5.92 Å². The second-order valence-electron chi connectivity index (χ2n) is 10.6. The average Bonchev–Trinajstić information content (AvgIpc) is 3.69. The quantitative estimate of drug-likeness (QED) is 0.233. The van der Waals surface area contributed by atoms with Crippen molar-refractivity contribution >= 4 is 21.8 Å². The predicted molar refractivity (Wildman–Crippen MR) is 145 cm³/mol. The van der Waals surface area contributed by atoms with E-state index in [0.717, 1.165) is 37.7 Å². The van der Waals surface area contributed by atoms with Crippen molar-refractivity contribution in [3.05, 3.63) is 60.2 Å². The zero-order valence-electron chi connectivity index (χ0n) is 22.2.